The van der Waals surface area contributed by atoms with E-state index in [9.17, 15) is 0 Å². The number of anilines is 1. The molecule has 2 rings (SSSR count). The molecule has 94 valence electrons. The number of nitrogens with zero attached hydrogens (tertiary/aromatic N) is 3. The molecule has 1 aromatic carbocycles. The summed E-state index contributed by atoms with van der Waals surface area (Å²) in [5.41, 5.74) is 2.07. The molecule has 0 saturated carbocycles. The highest BCUT2D eigenvalue weighted by Crippen LogP contribution is 2.15. The quantitative estimate of drug-likeness (QED) is 0.512. The van der Waals surface area contributed by atoms with E-state index in [4.69, 9.17) is 5.26 Å². The Balaban J connectivity index is 2.19. The highest BCUT2D eigenvalue weighted by molar-refractivity contribution is 8.18. The van der Waals surface area contributed by atoms with E-state index in [-0.39, 0.29) is 0 Å². The van der Waals surface area contributed by atoms with Crippen LogP contribution in [0.3, 0.4) is 0 Å². The fraction of sp³-hybridized carbons (Fsp3) is 0.0714. The van der Waals surface area contributed by atoms with Gasteiger partial charge in [-0.05, 0) is 31.2 Å². The van der Waals surface area contributed by atoms with E-state index in [1.54, 1.807) is 12.3 Å². The molecule has 1 N–H and O–H groups in total. The van der Waals surface area contributed by atoms with E-state index in [1.807, 2.05) is 48.7 Å². The lowest BCUT2D eigenvalue weighted by atomic mass is 10.2. The molecule has 2 aromatic rings. The van der Waals surface area contributed by atoms with Gasteiger partial charge >= 0.3 is 0 Å². The number of aryl methyl sites for hydroxylation is 1. The third kappa shape index (κ3) is 4.12. The summed E-state index contributed by atoms with van der Waals surface area (Å²) in [7, 11) is 0. The summed E-state index contributed by atoms with van der Waals surface area (Å²) in [5, 5.41) is 14.4. The predicted molar refractivity (Wildman–Crippen MR) is 79.3 cm³/mol. The fourth-order valence-corrected chi connectivity index (χ4v) is 1.80. The van der Waals surface area contributed by atoms with Crippen LogP contribution in [0.1, 0.15) is 5.56 Å². The number of thiocyanates is 1. The molecule has 1 heterocycles. The van der Waals surface area contributed by atoms with Crippen LogP contribution >= 0.6 is 11.8 Å². The Kier molecular flexibility index (Phi) is 4.54. The van der Waals surface area contributed by atoms with Crippen molar-refractivity contribution in [1.29, 1.82) is 5.26 Å². The van der Waals surface area contributed by atoms with Crippen molar-refractivity contribution in [2.45, 2.75) is 6.92 Å². The summed E-state index contributed by atoms with van der Waals surface area (Å²) in [5.74, 6) is 0.569. The van der Waals surface area contributed by atoms with Crippen LogP contribution in [-0.2, 0) is 0 Å². The van der Waals surface area contributed by atoms with Crippen LogP contribution in [0, 0.1) is 17.6 Å². The van der Waals surface area contributed by atoms with Crippen LogP contribution in [0.4, 0.5) is 11.5 Å². The van der Waals surface area contributed by atoms with Gasteiger partial charge in [-0.2, -0.15) is 5.26 Å². The Morgan fingerprint density at radius 1 is 1.26 bits per heavy atom. The number of hydrogen-bond donors (Lipinski definition) is 1. The van der Waals surface area contributed by atoms with Crippen molar-refractivity contribution < 1.29 is 0 Å². The monoisotopic (exact) mass is 268 g/mol. The Morgan fingerprint density at radius 2 is 2.05 bits per heavy atom. The Hall–Kier alpha value is -2.32. The first-order valence-corrected chi connectivity index (χ1v) is 6.49. The van der Waals surface area contributed by atoms with Gasteiger partial charge in [-0.15, -0.1) is 0 Å². The summed E-state index contributed by atoms with van der Waals surface area (Å²) < 4.78 is 0. The second kappa shape index (κ2) is 6.57. The molecule has 0 aliphatic heterocycles. The van der Waals surface area contributed by atoms with Crippen LogP contribution in [0.15, 0.2) is 53.7 Å². The van der Waals surface area contributed by atoms with E-state index in [1.165, 1.54) is 5.56 Å². The minimum absolute atomic E-state index is 0.505. The number of thioether (sulfide) groups is 1. The lowest BCUT2D eigenvalue weighted by molar-refractivity contribution is 1.28. The van der Waals surface area contributed by atoms with Crippen molar-refractivity contribution in [3.63, 3.8) is 0 Å². The van der Waals surface area contributed by atoms with Gasteiger partial charge in [-0.3, -0.25) is 0 Å². The molecular weight excluding hydrogens is 256 g/mol. The minimum atomic E-state index is 0.505. The van der Waals surface area contributed by atoms with Crippen LogP contribution in [0.2, 0.25) is 0 Å². The van der Waals surface area contributed by atoms with Gasteiger partial charge in [-0.1, -0.05) is 23.8 Å². The molecule has 0 atom stereocenters. The second-order valence-electron chi connectivity index (χ2n) is 3.79. The van der Waals surface area contributed by atoms with Gasteiger partial charge in [0.2, 0.25) is 0 Å². The zero-order valence-corrected chi connectivity index (χ0v) is 11.2. The van der Waals surface area contributed by atoms with Crippen molar-refractivity contribution in [3.05, 3.63) is 54.2 Å². The number of nitrogens with one attached hydrogen (secondary N) is 1. The van der Waals surface area contributed by atoms with Gasteiger partial charge in [0.1, 0.15) is 5.40 Å². The van der Waals surface area contributed by atoms with Gasteiger partial charge in [0.05, 0.1) is 0 Å². The summed E-state index contributed by atoms with van der Waals surface area (Å²) >= 11 is 0.975. The Labute approximate surface area is 116 Å². The number of amidine groups is 1. The van der Waals surface area contributed by atoms with E-state index < -0.39 is 0 Å². The van der Waals surface area contributed by atoms with Gasteiger partial charge in [0.25, 0.3) is 0 Å². The van der Waals surface area contributed by atoms with E-state index in [0.29, 0.717) is 11.0 Å². The maximum atomic E-state index is 8.81. The smallest absolute Gasteiger partial charge is 0.182 e. The predicted octanol–water partition coefficient (Wildman–Crippen LogP) is 3.70. The largest absolute Gasteiger partial charge is 0.334 e. The molecule has 0 fully saturated rings. The van der Waals surface area contributed by atoms with Crippen LogP contribution in [-0.4, -0.2) is 10.2 Å². The number of aliphatic imine (C=N–C) groups is 1. The summed E-state index contributed by atoms with van der Waals surface area (Å²) in [6, 6.07) is 13.3. The molecule has 0 bridgehead atoms. The summed E-state index contributed by atoms with van der Waals surface area (Å²) in [6.45, 7) is 2.02. The zero-order chi connectivity index (χ0) is 13.5. The minimum Gasteiger partial charge on any atom is -0.334 e. The molecule has 4 nitrogen and oxygen atoms in total. The molecule has 0 spiro atoms. The Morgan fingerprint density at radius 3 is 2.68 bits per heavy atom. The number of rotatable bonds is 2. The van der Waals surface area contributed by atoms with E-state index in [2.05, 4.69) is 15.3 Å². The number of benzene rings is 1. The van der Waals surface area contributed by atoms with Crippen LogP contribution < -0.4 is 5.32 Å². The molecule has 0 aliphatic carbocycles. The second-order valence-corrected chi connectivity index (χ2v) is 4.56. The average Bonchev–Trinajstić information content (AvgIpc) is 2.43. The zero-order valence-electron chi connectivity index (χ0n) is 10.4. The maximum absolute atomic E-state index is 8.81. The average molecular weight is 268 g/mol. The molecule has 0 aliphatic rings. The molecule has 0 amide bonds. The molecule has 19 heavy (non-hydrogen) atoms. The molecule has 0 unspecified atom stereocenters. The standard InChI is InChI=1S/C14H12N4S/c1-11-5-7-12(8-6-11)17-14(19-10-15)18-13-4-2-3-9-16-13/h2-9H,1H3,(H,16,17,18). The van der Waals surface area contributed by atoms with Gasteiger partial charge in [0, 0.05) is 23.6 Å². The van der Waals surface area contributed by atoms with Crippen LogP contribution in [0.25, 0.3) is 0 Å². The topological polar surface area (TPSA) is 61.1 Å². The fourth-order valence-electron chi connectivity index (χ4n) is 1.40. The maximum Gasteiger partial charge on any atom is 0.182 e. The number of pyridine rings is 1. The highest BCUT2D eigenvalue weighted by Gasteiger charge is 2.02. The number of nitriles is 1. The molecular formula is C14H12N4S. The SMILES string of the molecule is Cc1ccc(N/C(=N\c2ccccn2)SC#N)cc1. The Bertz CT molecular complexity index is 600. The molecule has 5 heteroatoms. The summed E-state index contributed by atoms with van der Waals surface area (Å²) in [4.78, 5) is 8.41. The number of hydrogen-bond acceptors (Lipinski definition) is 4. The lowest BCUT2D eigenvalue weighted by Gasteiger charge is -2.06. The first-order valence-electron chi connectivity index (χ1n) is 5.67. The molecule has 0 radical (unpaired) electrons. The van der Waals surface area contributed by atoms with Crippen molar-refractivity contribution in [2.24, 2.45) is 4.99 Å². The normalized spacial score (nSPS) is 10.8. The van der Waals surface area contributed by atoms with Gasteiger partial charge in [-0.25, -0.2) is 9.98 Å². The molecule has 1 aromatic heterocycles. The van der Waals surface area contributed by atoms with Crippen LogP contribution in [0.5, 0.6) is 0 Å². The summed E-state index contributed by atoms with van der Waals surface area (Å²) in [6.07, 6.45) is 1.67. The van der Waals surface area contributed by atoms with Crippen molar-refractivity contribution >= 4 is 28.4 Å². The van der Waals surface area contributed by atoms with Crippen molar-refractivity contribution in [1.82, 2.24) is 4.98 Å². The van der Waals surface area contributed by atoms with Crippen molar-refractivity contribution in [2.75, 3.05) is 5.32 Å². The van der Waals surface area contributed by atoms with Crippen molar-refractivity contribution in [3.8, 4) is 5.40 Å². The first kappa shape index (κ1) is 13.1. The first-order chi connectivity index (χ1) is 9.28. The van der Waals surface area contributed by atoms with Gasteiger partial charge in [0.15, 0.2) is 11.0 Å². The highest BCUT2D eigenvalue weighted by atomic mass is 32.2. The number of aromatic nitrogens is 1. The van der Waals surface area contributed by atoms with E-state index >= 15 is 0 Å². The lowest BCUT2D eigenvalue weighted by Crippen LogP contribution is -2.06. The third-order valence-corrected chi connectivity index (χ3v) is 2.79. The van der Waals surface area contributed by atoms with E-state index in [0.717, 1.165) is 17.4 Å². The van der Waals surface area contributed by atoms with Gasteiger partial charge < -0.3 is 5.32 Å². The molecule has 0 saturated heterocycles. The third-order valence-electron chi connectivity index (χ3n) is 2.31.